The zero-order valence-electron chi connectivity index (χ0n) is 13.9. The minimum atomic E-state index is -0.540. The van der Waals surface area contributed by atoms with Crippen LogP contribution in [0.2, 0.25) is 0 Å². The molecule has 0 saturated carbocycles. The summed E-state index contributed by atoms with van der Waals surface area (Å²) in [6.45, 7) is 1.95. The van der Waals surface area contributed by atoms with Crippen LogP contribution in [0.3, 0.4) is 0 Å². The molecule has 0 aliphatic carbocycles. The third-order valence-corrected chi connectivity index (χ3v) is 4.58. The van der Waals surface area contributed by atoms with Gasteiger partial charge in [-0.1, -0.05) is 48.5 Å². The van der Waals surface area contributed by atoms with Gasteiger partial charge in [-0.05, 0) is 17.7 Å². The van der Waals surface area contributed by atoms with Crippen LogP contribution in [0.25, 0.3) is 0 Å². The predicted molar refractivity (Wildman–Crippen MR) is 97.7 cm³/mol. The van der Waals surface area contributed by atoms with E-state index in [4.69, 9.17) is 0 Å². The molecule has 1 N–H and O–H groups in total. The highest BCUT2D eigenvalue weighted by Gasteiger charge is 2.23. The van der Waals surface area contributed by atoms with Crippen molar-refractivity contribution in [3.05, 3.63) is 66.2 Å². The lowest BCUT2D eigenvalue weighted by atomic mass is 10.2. The van der Waals surface area contributed by atoms with Crippen LogP contribution < -0.4 is 5.32 Å². The quantitative estimate of drug-likeness (QED) is 0.787. The molecule has 4 nitrogen and oxygen atoms in total. The van der Waals surface area contributed by atoms with Gasteiger partial charge < -0.3 is 10.2 Å². The van der Waals surface area contributed by atoms with E-state index in [1.54, 1.807) is 23.7 Å². The van der Waals surface area contributed by atoms with E-state index in [9.17, 15) is 9.59 Å². The molecule has 2 aromatic rings. The lowest BCUT2D eigenvalue weighted by Crippen LogP contribution is -2.48. The van der Waals surface area contributed by atoms with Crippen molar-refractivity contribution in [1.82, 2.24) is 10.2 Å². The van der Waals surface area contributed by atoms with Gasteiger partial charge in [0, 0.05) is 31.2 Å². The molecule has 0 saturated heterocycles. The Kier molecular flexibility index (Phi) is 6.88. The first-order valence-corrected chi connectivity index (χ1v) is 8.78. The van der Waals surface area contributed by atoms with Crippen molar-refractivity contribution in [3.8, 4) is 0 Å². The molecule has 2 amide bonds. The average Bonchev–Trinajstić information content (AvgIpc) is 2.59. The van der Waals surface area contributed by atoms with E-state index in [0.29, 0.717) is 12.3 Å². The van der Waals surface area contributed by atoms with E-state index in [1.165, 1.54) is 6.92 Å². The highest BCUT2D eigenvalue weighted by molar-refractivity contribution is 7.99. The van der Waals surface area contributed by atoms with E-state index >= 15 is 0 Å². The van der Waals surface area contributed by atoms with Crippen molar-refractivity contribution in [2.45, 2.75) is 24.4 Å². The van der Waals surface area contributed by atoms with E-state index in [2.05, 4.69) is 5.32 Å². The summed E-state index contributed by atoms with van der Waals surface area (Å²) < 4.78 is 0. The monoisotopic (exact) mass is 342 g/mol. The summed E-state index contributed by atoms with van der Waals surface area (Å²) >= 11 is 1.56. The Morgan fingerprint density at radius 1 is 1.04 bits per heavy atom. The summed E-state index contributed by atoms with van der Waals surface area (Å²) in [5, 5.41) is 2.77. The topological polar surface area (TPSA) is 49.4 Å². The van der Waals surface area contributed by atoms with Crippen LogP contribution in [0.15, 0.2) is 65.6 Å². The zero-order valence-corrected chi connectivity index (χ0v) is 14.8. The number of carbonyl (C=O) groups excluding carboxylic acids is 2. The molecule has 0 radical (unpaired) electrons. The predicted octanol–water partition coefficient (Wildman–Crippen LogP) is 2.94. The molecule has 1 atom stereocenters. The molecule has 2 rings (SSSR count). The molecule has 0 spiro atoms. The molecular weight excluding hydrogens is 320 g/mol. The van der Waals surface area contributed by atoms with Gasteiger partial charge in [-0.15, -0.1) is 11.8 Å². The van der Waals surface area contributed by atoms with Crippen LogP contribution >= 0.6 is 11.8 Å². The molecule has 1 unspecified atom stereocenters. The minimum Gasteiger partial charge on any atom is -0.344 e. The van der Waals surface area contributed by atoms with Crippen LogP contribution in [0.1, 0.15) is 12.5 Å². The summed E-state index contributed by atoms with van der Waals surface area (Å²) in [6, 6.07) is 19.1. The average molecular weight is 342 g/mol. The SMILES string of the molecule is CC(=O)NC(CSc1ccccc1)C(=O)N(C)Cc1ccccc1. The van der Waals surface area contributed by atoms with E-state index in [-0.39, 0.29) is 11.8 Å². The number of hydrogen-bond donors (Lipinski definition) is 1. The first-order valence-electron chi connectivity index (χ1n) is 7.80. The zero-order chi connectivity index (χ0) is 17.4. The first kappa shape index (κ1) is 18.1. The van der Waals surface area contributed by atoms with Crippen LogP contribution in [0.4, 0.5) is 0 Å². The van der Waals surface area contributed by atoms with Crippen LogP contribution in [-0.2, 0) is 16.1 Å². The van der Waals surface area contributed by atoms with E-state index < -0.39 is 6.04 Å². The highest BCUT2D eigenvalue weighted by atomic mass is 32.2. The first-order chi connectivity index (χ1) is 11.6. The molecule has 0 fully saturated rings. The summed E-state index contributed by atoms with van der Waals surface area (Å²) in [5.74, 6) is 0.217. The maximum Gasteiger partial charge on any atom is 0.246 e. The number of nitrogens with zero attached hydrogens (tertiary/aromatic N) is 1. The van der Waals surface area contributed by atoms with Crippen molar-refractivity contribution < 1.29 is 9.59 Å². The number of hydrogen-bond acceptors (Lipinski definition) is 3. The van der Waals surface area contributed by atoms with Crippen LogP contribution in [0, 0.1) is 0 Å². The molecule has 0 bridgehead atoms. The molecule has 24 heavy (non-hydrogen) atoms. The second-order valence-electron chi connectivity index (χ2n) is 5.56. The van der Waals surface area contributed by atoms with Crippen molar-refractivity contribution in [2.75, 3.05) is 12.8 Å². The van der Waals surface area contributed by atoms with E-state index in [1.807, 2.05) is 60.7 Å². The Hall–Kier alpha value is -2.27. The Bertz CT molecular complexity index is 662. The number of rotatable bonds is 7. The normalized spacial score (nSPS) is 11.6. The fourth-order valence-electron chi connectivity index (χ4n) is 2.32. The second-order valence-corrected chi connectivity index (χ2v) is 6.65. The van der Waals surface area contributed by atoms with Gasteiger partial charge in [0.1, 0.15) is 6.04 Å². The minimum absolute atomic E-state index is 0.0857. The highest BCUT2D eigenvalue weighted by Crippen LogP contribution is 2.18. The van der Waals surface area contributed by atoms with Gasteiger partial charge in [0.05, 0.1) is 0 Å². The molecular formula is C19H22N2O2S. The van der Waals surface area contributed by atoms with Gasteiger partial charge >= 0.3 is 0 Å². The Labute approximate surface area is 147 Å². The van der Waals surface area contributed by atoms with Gasteiger partial charge in [0.2, 0.25) is 11.8 Å². The summed E-state index contributed by atoms with van der Waals surface area (Å²) in [7, 11) is 1.76. The van der Waals surface area contributed by atoms with Crippen LogP contribution in [0.5, 0.6) is 0 Å². The van der Waals surface area contributed by atoms with Gasteiger partial charge in [0.15, 0.2) is 0 Å². The Morgan fingerprint density at radius 2 is 1.62 bits per heavy atom. The van der Waals surface area contributed by atoms with Crippen molar-refractivity contribution in [1.29, 1.82) is 0 Å². The number of benzene rings is 2. The maximum atomic E-state index is 12.7. The molecule has 0 aliphatic heterocycles. The second kappa shape index (κ2) is 9.13. The molecule has 5 heteroatoms. The largest absolute Gasteiger partial charge is 0.344 e. The van der Waals surface area contributed by atoms with Crippen molar-refractivity contribution in [3.63, 3.8) is 0 Å². The third kappa shape index (κ3) is 5.74. The molecule has 0 heterocycles. The molecule has 126 valence electrons. The third-order valence-electron chi connectivity index (χ3n) is 3.47. The number of thioether (sulfide) groups is 1. The Balaban J connectivity index is 1.99. The van der Waals surface area contributed by atoms with Gasteiger partial charge in [-0.3, -0.25) is 9.59 Å². The van der Waals surface area contributed by atoms with Gasteiger partial charge in [-0.25, -0.2) is 0 Å². The standard InChI is InChI=1S/C19H22N2O2S/c1-15(22)20-18(14-24-17-11-7-4-8-12-17)19(23)21(2)13-16-9-5-3-6-10-16/h3-12,18H,13-14H2,1-2H3,(H,20,22). The lowest BCUT2D eigenvalue weighted by molar-refractivity contribution is -0.134. The number of likely N-dealkylation sites (N-methyl/N-ethyl adjacent to an activating group) is 1. The molecule has 0 aliphatic rings. The Morgan fingerprint density at radius 3 is 2.21 bits per heavy atom. The summed E-state index contributed by atoms with van der Waals surface area (Å²) in [5.41, 5.74) is 1.06. The van der Waals surface area contributed by atoms with Crippen molar-refractivity contribution >= 4 is 23.6 Å². The maximum absolute atomic E-state index is 12.7. The van der Waals surface area contributed by atoms with Crippen LogP contribution in [-0.4, -0.2) is 35.6 Å². The molecule has 0 aromatic heterocycles. The smallest absolute Gasteiger partial charge is 0.246 e. The van der Waals surface area contributed by atoms with Crippen molar-refractivity contribution in [2.24, 2.45) is 0 Å². The number of amides is 2. The number of nitrogens with one attached hydrogen (secondary N) is 1. The summed E-state index contributed by atoms with van der Waals surface area (Å²) in [6.07, 6.45) is 0. The summed E-state index contributed by atoms with van der Waals surface area (Å²) in [4.78, 5) is 26.9. The molecule has 2 aromatic carbocycles. The van der Waals surface area contributed by atoms with Gasteiger partial charge in [-0.2, -0.15) is 0 Å². The fraction of sp³-hybridized carbons (Fsp3) is 0.263. The van der Waals surface area contributed by atoms with E-state index in [0.717, 1.165) is 10.5 Å². The fourth-order valence-corrected chi connectivity index (χ4v) is 3.25. The lowest BCUT2D eigenvalue weighted by Gasteiger charge is -2.24. The van der Waals surface area contributed by atoms with Gasteiger partial charge in [0.25, 0.3) is 0 Å². The number of carbonyl (C=O) groups is 2.